The highest BCUT2D eigenvalue weighted by Crippen LogP contribution is 2.28. The van der Waals surface area contributed by atoms with Crippen LogP contribution >= 0.6 is 0 Å². The lowest BCUT2D eigenvalue weighted by Crippen LogP contribution is -2.15. The van der Waals surface area contributed by atoms with E-state index in [1.165, 1.54) is 4.68 Å². The van der Waals surface area contributed by atoms with E-state index in [0.29, 0.717) is 5.69 Å². The summed E-state index contributed by atoms with van der Waals surface area (Å²) in [6.07, 6.45) is -0.788. The van der Waals surface area contributed by atoms with Crippen LogP contribution in [0.5, 0.6) is 0 Å². The summed E-state index contributed by atoms with van der Waals surface area (Å²) >= 11 is 0. The molecular weight excluding hydrogens is 308 g/mol. The van der Waals surface area contributed by atoms with Gasteiger partial charge in [-0.3, -0.25) is 10.1 Å². The molecule has 0 amide bonds. The van der Waals surface area contributed by atoms with Crippen molar-refractivity contribution in [2.75, 3.05) is 11.9 Å². The van der Waals surface area contributed by atoms with Gasteiger partial charge in [-0.05, 0) is 29.3 Å². The second kappa shape index (κ2) is 6.29. The number of aliphatic hydroxyl groups excluding tert-OH is 1. The van der Waals surface area contributed by atoms with Crippen molar-refractivity contribution in [3.63, 3.8) is 0 Å². The number of fused-ring (bicyclic) bond motifs is 1. The van der Waals surface area contributed by atoms with Crippen LogP contribution in [0.4, 0.5) is 11.5 Å². The number of hydrogen-bond donors (Lipinski definition) is 2. The van der Waals surface area contributed by atoms with Gasteiger partial charge < -0.3 is 10.4 Å². The van der Waals surface area contributed by atoms with Crippen molar-refractivity contribution in [3.05, 3.63) is 63.8 Å². The Morgan fingerprint density at radius 1 is 1.29 bits per heavy atom. The van der Waals surface area contributed by atoms with E-state index in [4.69, 9.17) is 0 Å². The molecule has 0 unspecified atom stereocenters. The van der Waals surface area contributed by atoms with E-state index in [9.17, 15) is 15.2 Å². The topological polar surface area (TPSA) is 93.2 Å². The van der Waals surface area contributed by atoms with Crippen molar-refractivity contribution in [1.82, 2.24) is 9.78 Å². The summed E-state index contributed by atoms with van der Waals surface area (Å²) in [6, 6.07) is 13.6. The third-order valence-corrected chi connectivity index (χ3v) is 3.99. The number of nitro groups is 1. The maximum atomic E-state index is 11.2. The first-order chi connectivity index (χ1) is 11.5. The molecule has 3 aromatic rings. The Bertz CT molecular complexity index is 904. The second-order valence-corrected chi connectivity index (χ2v) is 5.67. The number of aromatic nitrogens is 2. The van der Waals surface area contributed by atoms with Gasteiger partial charge in [0.1, 0.15) is 5.69 Å². The molecule has 7 nitrogen and oxygen atoms in total. The Morgan fingerprint density at radius 3 is 2.71 bits per heavy atom. The molecule has 1 aromatic heterocycles. The fourth-order valence-electron chi connectivity index (χ4n) is 2.79. The minimum Gasteiger partial charge on any atom is -0.387 e. The first kappa shape index (κ1) is 15.9. The fourth-order valence-corrected chi connectivity index (χ4v) is 2.79. The largest absolute Gasteiger partial charge is 0.387 e. The number of nitrogens with zero attached hydrogens (tertiary/aromatic N) is 3. The standard InChI is InChI=1S/C17H18N4O3/c1-11-16(21(23)24)17(20(2)19-11)18-10-15(22)14-8-7-12-5-3-4-6-13(12)9-14/h3-9,15,18,22H,10H2,1-2H3/t15-/m0/s1. The fraction of sp³-hybridized carbons (Fsp3) is 0.235. The SMILES string of the molecule is Cc1nn(C)c(NC[C@H](O)c2ccc3ccccc3c2)c1[N+](=O)[O-]. The highest BCUT2D eigenvalue weighted by molar-refractivity contribution is 5.83. The molecule has 2 N–H and O–H groups in total. The van der Waals surface area contributed by atoms with E-state index in [0.717, 1.165) is 16.3 Å². The summed E-state index contributed by atoms with van der Waals surface area (Å²) in [7, 11) is 1.63. The summed E-state index contributed by atoms with van der Waals surface area (Å²) in [5.41, 5.74) is 1.02. The molecule has 0 aliphatic rings. The molecule has 0 bridgehead atoms. The number of rotatable bonds is 5. The molecule has 124 valence electrons. The van der Waals surface area contributed by atoms with Gasteiger partial charge in [-0.15, -0.1) is 0 Å². The van der Waals surface area contributed by atoms with Gasteiger partial charge in [0.25, 0.3) is 0 Å². The Labute approximate surface area is 138 Å². The average Bonchev–Trinajstić information content (AvgIpc) is 2.85. The second-order valence-electron chi connectivity index (χ2n) is 5.67. The lowest BCUT2D eigenvalue weighted by molar-refractivity contribution is -0.384. The molecule has 0 aliphatic heterocycles. The van der Waals surface area contributed by atoms with Crippen LogP contribution in [0.3, 0.4) is 0 Å². The highest BCUT2D eigenvalue weighted by Gasteiger charge is 2.24. The van der Waals surface area contributed by atoms with Crippen LogP contribution in [0.25, 0.3) is 10.8 Å². The minimum atomic E-state index is -0.788. The number of hydrogen-bond acceptors (Lipinski definition) is 5. The van der Waals surface area contributed by atoms with E-state index in [2.05, 4.69) is 10.4 Å². The van der Waals surface area contributed by atoms with Crippen LogP contribution in [0, 0.1) is 17.0 Å². The zero-order valence-electron chi connectivity index (χ0n) is 13.4. The maximum Gasteiger partial charge on any atom is 0.333 e. The average molecular weight is 326 g/mol. The monoisotopic (exact) mass is 326 g/mol. The molecular formula is C17H18N4O3. The molecule has 0 saturated heterocycles. The zero-order chi connectivity index (χ0) is 17.3. The lowest BCUT2D eigenvalue weighted by Gasteiger charge is -2.13. The third kappa shape index (κ3) is 2.93. The quantitative estimate of drug-likeness (QED) is 0.555. The number of nitrogens with one attached hydrogen (secondary N) is 1. The Balaban J connectivity index is 1.80. The van der Waals surface area contributed by atoms with Gasteiger partial charge in [-0.2, -0.15) is 5.10 Å². The van der Waals surface area contributed by atoms with Gasteiger partial charge in [0.05, 0.1) is 11.0 Å². The summed E-state index contributed by atoms with van der Waals surface area (Å²) in [5, 5.41) is 30.7. The van der Waals surface area contributed by atoms with Crippen LogP contribution in [0.1, 0.15) is 17.4 Å². The van der Waals surface area contributed by atoms with Gasteiger partial charge in [0.2, 0.25) is 5.82 Å². The first-order valence-electron chi connectivity index (χ1n) is 7.56. The number of aliphatic hydroxyl groups is 1. The van der Waals surface area contributed by atoms with Crippen molar-refractivity contribution in [3.8, 4) is 0 Å². The molecule has 0 aliphatic carbocycles. The summed E-state index contributed by atoms with van der Waals surface area (Å²) in [5.74, 6) is 0.289. The molecule has 0 saturated carbocycles. The van der Waals surface area contributed by atoms with Gasteiger partial charge in [-0.25, -0.2) is 4.68 Å². The zero-order valence-corrected chi connectivity index (χ0v) is 13.4. The molecule has 24 heavy (non-hydrogen) atoms. The Hall–Kier alpha value is -2.93. The van der Waals surface area contributed by atoms with Crippen molar-refractivity contribution in [2.24, 2.45) is 7.05 Å². The number of benzene rings is 2. The smallest absolute Gasteiger partial charge is 0.333 e. The minimum absolute atomic E-state index is 0.0665. The van der Waals surface area contributed by atoms with Crippen molar-refractivity contribution < 1.29 is 10.0 Å². The Kier molecular flexibility index (Phi) is 4.18. The van der Waals surface area contributed by atoms with E-state index in [1.807, 2.05) is 42.5 Å². The van der Waals surface area contributed by atoms with Crippen LogP contribution in [0.15, 0.2) is 42.5 Å². The number of anilines is 1. The molecule has 0 fully saturated rings. The van der Waals surface area contributed by atoms with Crippen molar-refractivity contribution >= 4 is 22.3 Å². The normalized spacial score (nSPS) is 12.3. The van der Waals surface area contributed by atoms with Gasteiger partial charge >= 0.3 is 5.69 Å². The van der Waals surface area contributed by atoms with Crippen molar-refractivity contribution in [2.45, 2.75) is 13.0 Å². The van der Waals surface area contributed by atoms with Gasteiger partial charge in [-0.1, -0.05) is 36.4 Å². The van der Waals surface area contributed by atoms with Crippen LogP contribution in [-0.4, -0.2) is 26.4 Å². The van der Waals surface area contributed by atoms with Gasteiger partial charge in [0, 0.05) is 13.6 Å². The van der Waals surface area contributed by atoms with E-state index in [-0.39, 0.29) is 18.1 Å². The molecule has 2 aromatic carbocycles. The van der Waals surface area contributed by atoms with Crippen LogP contribution in [0.2, 0.25) is 0 Å². The molecule has 3 rings (SSSR count). The summed E-state index contributed by atoms with van der Waals surface area (Å²) < 4.78 is 1.42. The summed E-state index contributed by atoms with van der Waals surface area (Å²) in [4.78, 5) is 10.7. The van der Waals surface area contributed by atoms with E-state index in [1.54, 1.807) is 14.0 Å². The third-order valence-electron chi connectivity index (χ3n) is 3.99. The molecule has 7 heteroatoms. The maximum absolute atomic E-state index is 11.2. The lowest BCUT2D eigenvalue weighted by atomic mass is 10.0. The predicted octanol–water partition coefficient (Wildman–Crippen LogP) is 2.94. The highest BCUT2D eigenvalue weighted by atomic mass is 16.6. The van der Waals surface area contributed by atoms with Crippen LogP contribution in [-0.2, 0) is 7.05 Å². The first-order valence-corrected chi connectivity index (χ1v) is 7.56. The Morgan fingerprint density at radius 2 is 2.00 bits per heavy atom. The summed E-state index contributed by atoms with van der Waals surface area (Å²) in [6.45, 7) is 1.74. The molecule has 0 spiro atoms. The molecule has 1 atom stereocenters. The van der Waals surface area contributed by atoms with E-state index < -0.39 is 11.0 Å². The number of aryl methyl sites for hydroxylation is 2. The predicted molar refractivity (Wildman–Crippen MR) is 92.0 cm³/mol. The van der Waals surface area contributed by atoms with Crippen molar-refractivity contribution in [1.29, 1.82) is 0 Å². The van der Waals surface area contributed by atoms with Crippen LogP contribution < -0.4 is 5.32 Å². The van der Waals surface area contributed by atoms with E-state index >= 15 is 0 Å². The van der Waals surface area contributed by atoms with Gasteiger partial charge in [0.15, 0.2) is 0 Å². The molecule has 1 heterocycles. The molecule has 0 radical (unpaired) electrons.